The lowest BCUT2D eigenvalue weighted by molar-refractivity contribution is 1.26. The van der Waals surface area contributed by atoms with Gasteiger partial charge in [0.1, 0.15) is 5.52 Å². The Bertz CT molecular complexity index is 938. The molecule has 0 bridgehead atoms. The highest BCUT2D eigenvalue weighted by atomic mass is 35.5. The molecule has 4 rings (SSSR count). The predicted octanol–water partition coefficient (Wildman–Crippen LogP) is 5.14. The van der Waals surface area contributed by atoms with E-state index in [1.807, 2.05) is 18.3 Å². The van der Waals surface area contributed by atoms with Crippen LogP contribution in [0, 0.1) is 0 Å². The minimum absolute atomic E-state index is 0.560. The summed E-state index contributed by atoms with van der Waals surface area (Å²) in [5.41, 5.74) is 5.91. The van der Waals surface area contributed by atoms with Crippen molar-refractivity contribution in [1.82, 2.24) is 15.0 Å². The monoisotopic (exact) mass is 327 g/mol. The second-order valence-corrected chi connectivity index (χ2v) is 5.84. The Kier molecular flexibility index (Phi) is 3.25. The van der Waals surface area contributed by atoms with Crippen molar-refractivity contribution in [2.24, 2.45) is 0 Å². The Labute approximate surface area is 137 Å². The highest BCUT2D eigenvalue weighted by Gasteiger charge is 2.19. The molecule has 0 fully saturated rings. The van der Waals surface area contributed by atoms with Crippen LogP contribution in [0.5, 0.6) is 0 Å². The van der Waals surface area contributed by atoms with Gasteiger partial charge < -0.3 is 4.98 Å². The average molecular weight is 328 g/mol. The van der Waals surface area contributed by atoms with E-state index >= 15 is 0 Å². The summed E-state index contributed by atoms with van der Waals surface area (Å²) in [6.45, 7) is 0. The highest BCUT2D eigenvalue weighted by molar-refractivity contribution is 6.43. The molecule has 1 aromatic carbocycles. The molecule has 3 nitrogen and oxygen atoms in total. The van der Waals surface area contributed by atoms with E-state index in [9.17, 15) is 0 Å². The van der Waals surface area contributed by atoms with E-state index in [0.29, 0.717) is 10.0 Å². The minimum Gasteiger partial charge on any atom is -0.344 e. The fourth-order valence-electron chi connectivity index (χ4n) is 2.80. The molecule has 0 spiro atoms. The quantitative estimate of drug-likeness (QED) is 0.708. The lowest BCUT2D eigenvalue weighted by Gasteiger charge is -2.09. The van der Waals surface area contributed by atoms with Gasteiger partial charge in [-0.15, -0.1) is 0 Å². The highest BCUT2D eigenvalue weighted by Crippen LogP contribution is 2.41. The van der Waals surface area contributed by atoms with Crippen LogP contribution in [0.3, 0.4) is 0 Å². The van der Waals surface area contributed by atoms with Gasteiger partial charge in [0.25, 0.3) is 0 Å². The van der Waals surface area contributed by atoms with E-state index in [1.165, 1.54) is 5.57 Å². The topological polar surface area (TPSA) is 41.6 Å². The average Bonchev–Trinajstić information content (AvgIpc) is 3.16. The molecule has 3 aromatic rings. The van der Waals surface area contributed by atoms with Crippen LogP contribution in [0.15, 0.2) is 48.9 Å². The van der Waals surface area contributed by atoms with E-state index in [4.69, 9.17) is 23.2 Å². The van der Waals surface area contributed by atoms with E-state index < -0.39 is 0 Å². The summed E-state index contributed by atoms with van der Waals surface area (Å²) in [4.78, 5) is 11.9. The first-order valence-electron chi connectivity index (χ1n) is 6.88. The summed E-state index contributed by atoms with van der Waals surface area (Å²) in [5, 5.41) is 1.14. The maximum atomic E-state index is 6.38. The van der Waals surface area contributed by atoms with Crippen molar-refractivity contribution in [1.29, 1.82) is 0 Å². The van der Waals surface area contributed by atoms with Crippen LogP contribution in [0.4, 0.5) is 0 Å². The number of aromatic nitrogens is 3. The zero-order chi connectivity index (χ0) is 15.1. The van der Waals surface area contributed by atoms with Crippen LogP contribution in [0.25, 0.3) is 22.3 Å². The fraction of sp³-hybridized carbons (Fsp3) is 0.0588. The van der Waals surface area contributed by atoms with Crippen molar-refractivity contribution in [2.75, 3.05) is 0 Å². The smallest absolute Gasteiger partial charge is 0.156 e. The summed E-state index contributed by atoms with van der Waals surface area (Å²) in [5.74, 6) is 0. The third-order valence-corrected chi connectivity index (χ3v) is 4.62. The third-order valence-electron chi connectivity index (χ3n) is 3.81. The van der Waals surface area contributed by atoms with Crippen LogP contribution in [0.1, 0.15) is 17.5 Å². The van der Waals surface area contributed by atoms with Crippen molar-refractivity contribution in [2.45, 2.75) is 6.42 Å². The van der Waals surface area contributed by atoms with Crippen molar-refractivity contribution >= 4 is 45.5 Å². The molecule has 0 saturated heterocycles. The van der Waals surface area contributed by atoms with Crippen LogP contribution < -0.4 is 0 Å². The van der Waals surface area contributed by atoms with E-state index in [1.54, 1.807) is 18.5 Å². The Morgan fingerprint density at radius 2 is 1.91 bits per heavy atom. The van der Waals surface area contributed by atoms with Gasteiger partial charge in [-0.25, -0.2) is 4.98 Å². The number of halogens is 2. The molecule has 22 heavy (non-hydrogen) atoms. The van der Waals surface area contributed by atoms with Crippen molar-refractivity contribution < 1.29 is 0 Å². The van der Waals surface area contributed by atoms with Gasteiger partial charge in [-0.1, -0.05) is 47.5 Å². The molecule has 0 atom stereocenters. The van der Waals surface area contributed by atoms with Gasteiger partial charge in [0.15, 0.2) is 5.65 Å². The lowest BCUT2D eigenvalue weighted by Crippen LogP contribution is -1.89. The van der Waals surface area contributed by atoms with Crippen LogP contribution in [0.2, 0.25) is 10.0 Å². The first-order chi connectivity index (χ1) is 10.8. The molecule has 0 saturated carbocycles. The molecule has 0 amide bonds. The van der Waals surface area contributed by atoms with Gasteiger partial charge in [-0.2, -0.15) is 0 Å². The summed E-state index contributed by atoms with van der Waals surface area (Å²) in [6.07, 6.45) is 10.4. The number of fused-ring (bicyclic) bond motifs is 1. The summed E-state index contributed by atoms with van der Waals surface area (Å²) in [7, 11) is 0. The van der Waals surface area contributed by atoms with Crippen LogP contribution in [-0.2, 0) is 0 Å². The largest absolute Gasteiger partial charge is 0.344 e. The van der Waals surface area contributed by atoms with Crippen molar-refractivity contribution in [3.63, 3.8) is 0 Å². The molecular formula is C17H11Cl2N3. The molecule has 0 unspecified atom stereocenters. The van der Waals surface area contributed by atoms with Gasteiger partial charge in [0.05, 0.1) is 10.0 Å². The number of nitrogens with zero attached hydrogens (tertiary/aromatic N) is 2. The van der Waals surface area contributed by atoms with Gasteiger partial charge in [-0.3, -0.25) is 4.98 Å². The molecule has 2 aromatic heterocycles. The molecule has 1 N–H and O–H groups in total. The van der Waals surface area contributed by atoms with Crippen molar-refractivity contribution in [3.8, 4) is 0 Å². The van der Waals surface area contributed by atoms with Gasteiger partial charge in [0.2, 0.25) is 0 Å². The number of rotatable bonds is 2. The van der Waals surface area contributed by atoms with E-state index in [2.05, 4.69) is 27.1 Å². The minimum atomic E-state index is 0.560. The fourth-order valence-corrected chi connectivity index (χ4v) is 3.21. The van der Waals surface area contributed by atoms with Crippen LogP contribution >= 0.6 is 23.2 Å². The van der Waals surface area contributed by atoms with Gasteiger partial charge in [0, 0.05) is 29.7 Å². The Morgan fingerprint density at radius 3 is 2.82 bits per heavy atom. The Hall–Kier alpha value is -2.10. The van der Waals surface area contributed by atoms with Crippen molar-refractivity contribution in [3.05, 3.63) is 70.1 Å². The van der Waals surface area contributed by atoms with E-state index in [-0.39, 0.29) is 0 Å². The second kappa shape index (κ2) is 5.27. The summed E-state index contributed by atoms with van der Waals surface area (Å²) >= 11 is 12.5. The zero-order valence-electron chi connectivity index (χ0n) is 11.5. The second-order valence-electron chi connectivity index (χ2n) is 5.06. The van der Waals surface area contributed by atoms with E-state index in [0.717, 1.165) is 34.3 Å². The number of H-pyrrole nitrogens is 1. The SMILES string of the molecule is Clc1cccc(C2=C(c3c[nH]c4nccnc34)CC=C2)c1Cl. The predicted molar refractivity (Wildman–Crippen MR) is 90.9 cm³/mol. The van der Waals surface area contributed by atoms with Crippen LogP contribution in [-0.4, -0.2) is 15.0 Å². The number of hydrogen-bond donors (Lipinski definition) is 1. The number of aromatic amines is 1. The summed E-state index contributed by atoms with van der Waals surface area (Å²) in [6, 6.07) is 5.69. The number of nitrogens with one attached hydrogen (secondary N) is 1. The van der Waals surface area contributed by atoms with Gasteiger partial charge in [-0.05, 0) is 23.6 Å². The third kappa shape index (κ3) is 2.05. The maximum Gasteiger partial charge on any atom is 0.156 e. The number of allylic oxidation sites excluding steroid dienone is 4. The molecule has 5 heteroatoms. The maximum absolute atomic E-state index is 6.38. The molecule has 1 aliphatic carbocycles. The standard InChI is InChI=1S/C17H11Cl2N3/c18-14-6-2-5-12(15(14)19)10-3-1-4-11(10)13-9-22-17-16(13)20-7-8-21-17/h1-3,5-9H,4H2,(H,21,22). The molecule has 0 aliphatic heterocycles. The zero-order valence-corrected chi connectivity index (χ0v) is 13.0. The Morgan fingerprint density at radius 1 is 1.05 bits per heavy atom. The molecule has 108 valence electrons. The number of hydrogen-bond acceptors (Lipinski definition) is 2. The molecule has 0 radical (unpaired) electrons. The first kappa shape index (κ1) is 13.6. The number of benzene rings is 1. The molecule has 1 aliphatic rings. The first-order valence-corrected chi connectivity index (χ1v) is 7.64. The summed E-state index contributed by atoms with van der Waals surface area (Å²) < 4.78 is 0. The lowest BCUT2D eigenvalue weighted by atomic mass is 9.98. The normalized spacial score (nSPS) is 14.3. The molecular weight excluding hydrogens is 317 g/mol. The Balaban J connectivity index is 1.95. The van der Waals surface area contributed by atoms with Gasteiger partial charge >= 0.3 is 0 Å². The molecule has 2 heterocycles.